The minimum Gasteiger partial charge on any atom is -0.494 e. The van der Waals surface area contributed by atoms with Crippen LogP contribution in [0.25, 0.3) is 5.57 Å². The number of methoxy groups -OCH3 is 1. The van der Waals surface area contributed by atoms with Crippen molar-refractivity contribution in [3.05, 3.63) is 63.3 Å². The van der Waals surface area contributed by atoms with Gasteiger partial charge in [-0.2, -0.15) is 0 Å². The monoisotopic (exact) mass is 480 g/mol. The third-order valence-corrected chi connectivity index (χ3v) is 7.57. The maximum absolute atomic E-state index is 13.3. The molecule has 190 valence electrons. The van der Waals surface area contributed by atoms with Gasteiger partial charge in [0.1, 0.15) is 17.0 Å². The number of hydrogen-bond acceptors (Lipinski definition) is 5. The summed E-state index contributed by atoms with van der Waals surface area (Å²) in [5, 5.41) is 0. The summed E-state index contributed by atoms with van der Waals surface area (Å²) in [6, 6.07) is 1.76. The Labute approximate surface area is 209 Å². The molecule has 3 unspecified atom stereocenters. The van der Waals surface area contributed by atoms with E-state index in [4.69, 9.17) is 9.47 Å². The number of ether oxygens (including phenoxy) is 2. The van der Waals surface area contributed by atoms with Crippen LogP contribution in [-0.2, 0) is 9.47 Å². The lowest BCUT2D eigenvalue weighted by molar-refractivity contribution is 0.0522. The standard InChI is InChI=1S/C29H40N2O4/c1-9-18(3)25(20-12-11-13-24(34-8)26(20)30-7)22-16-23(32)21(28(33)35-10-2)17-31(22)27-19(4)14-15-29(27,5)6/h11-13,16-19,27H,9-10,14-15H2,1-8H3/b25-20+,30-26?. The SMILES string of the molecule is CCOC(=O)c1cn(C2C(C)CCC2(C)C)c(/C(=C2\C=CC=C(OC)C2=NC)C(C)CC)cc1=O. The van der Waals surface area contributed by atoms with E-state index in [-0.39, 0.29) is 35.0 Å². The average molecular weight is 481 g/mol. The molecule has 0 bridgehead atoms. The van der Waals surface area contributed by atoms with Gasteiger partial charge in [0.05, 0.1) is 13.7 Å². The van der Waals surface area contributed by atoms with Crippen molar-refractivity contribution in [1.29, 1.82) is 0 Å². The van der Waals surface area contributed by atoms with Crippen LogP contribution in [0.3, 0.4) is 0 Å². The molecular formula is C29H40N2O4. The predicted molar refractivity (Wildman–Crippen MR) is 142 cm³/mol. The van der Waals surface area contributed by atoms with Gasteiger partial charge in [-0.25, -0.2) is 4.79 Å². The molecule has 0 spiro atoms. The molecule has 35 heavy (non-hydrogen) atoms. The number of nitrogens with zero attached hydrogens (tertiary/aromatic N) is 2. The number of allylic oxidation sites excluding steroid dienone is 5. The van der Waals surface area contributed by atoms with E-state index >= 15 is 0 Å². The average Bonchev–Trinajstić information content (AvgIpc) is 3.11. The van der Waals surface area contributed by atoms with Crippen molar-refractivity contribution in [1.82, 2.24) is 4.57 Å². The molecule has 2 aliphatic rings. The minimum atomic E-state index is -0.572. The third-order valence-electron chi connectivity index (χ3n) is 7.57. The fraction of sp³-hybridized carbons (Fsp3) is 0.552. The molecule has 1 saturated carbocycles. The van der Waals surface area contributed by atoms with Crippen LogP contribution in [0.15, 0.2) is 51.6 Å². The number of carbonyl (C=O) groups excluding carboxylic acids is 1. The molecule has 1 heterocycles. The van der Waals surface area contributed by atoms with Gasteiger partial charge in [-0.3, -0.25) is 9.79 Å². The van der Waals surface area contributed by atoms with Gasteiger partial charge in [0, 0.05) is 36.6 Å². The molecule has 1 aromatic heterocycles. The largest absolute Gasteiger partial charge is 0.494 e. The van der Waals surface area contributed by atoms with Crippen molar-refractivity contribution in [3.8, 4) is 0 Å². The number of hydrogen-bond donors (Lipinski definition) is 0. The van der Waals surface area contributed by atoms with Crippen LogP contribution in [0.5, 0.6) is 0 Å². The van der Waals surface area contributed by atoms with Gasteiger partial charge in [0.25, 0.3) is 0 Å². The fourth-order valence-electron chi connectivity index (χ4n) is 5.68. The van der Waals surface area contributed by atoms with Crippen LogP contribution in [0.2, 0.25) is 0 Å². The number of rotatable bonds is 7. The number of aromatic nitrogens is 1. The van der Waals surface area contributed by atoms with Crippen molar-refractivity contribution < 1.29 is 14.3 Å². The van der Waals surface area contributed by atoms with Gasteiger partial charge in [-0.05, 0) is 55.1 Å². The molecule has 0 N–H and O–H groups in total. The maximum atomic E-state index is 13.3. The van der Waals surface area contributed by atoms with E-state index in [1.54, 1.807) is 33.3 Å². The molecule has 6 heteroatoms. The zero-order chi connectivity index (χ0) is 25.9. The normalized spacial score (nSPS) is 24.8. The summed E-state index contributed by atoms with van der Waals surface area (Å²) in [7, 11) is 3.40. The number of carbonyl (C=O) groups is 1. The Morgan fingerprint density at radius 1 is 1.31 bits per heavy atom. The maximum Gasteiger partial charge on any atom is 0.343 e. The highest BCUT2D eigenvalue weighted by molar-refractivity contribution is 6.18. The molecular weight excluding hydrogens is 440 g/mol. The van der Waals surface area contributed by atoms with E-state index in [1.807, 2.05) is 18.2 Å². The summed E-state index contributed by atoms with van der Waals surface area (Å²) in [6.45, 7) is 13.1. The van der Waals surface area contributed by atoms with Crippen LogP contribution < -0.4 is 5.43 Å². The van der Waals surface area contributed by atoms with E-state index in [0.717, 1.165) is 41.8 Å². The number of aliphatic imine (C=N–C) groups is 1. The first-order chi connectivity index (χ1) is 16.6. The lowest BCUT2D eigenvalue weighted by atomic mass is 9.82. The first-order valence-corrected chi connectivity index (χ1v) is 12.7. The van der Waals surface area contributed by atoms with E-state index in [1.165, 1.54) is 0 Å². The molecule has 1 fully saturated rings. The summed E-state index contributed by atoms with van der Waals surface area (Å²) >= 11 is 0. The summed E-state index contributed by atoms with van der Waals surface area (Å²) < 4.78 is 13.0. The quantitative estimate of drug-likeness (QED) is 0.449. The van der Waals surface area contributed by atoms with E-state index < -0.39 is 5.97 Å². The van der Waals surface area contributed by atoms with Crippen molar-refractivity contribution in [3.63, 3.8) is 0 Å². The van der Waals surface area contributed by atoms with Gasteiger partial charge in [0.2, 0.25) is 0 Å². The zero-order valence-corrected chi connectivity index (χ0v) is 22.5. The summed E-state index contributed by atoms with van der Waals surface area (Å²) in [4.78, 5) is 30.6. The van der Waals surface area contributed by atoms with E-state index in [2.05, 4.69) is 44.2 Å². The third kappa shape index (κ3) is 5.07. The van der Waals surface area contributed by atoms with Gasteiger partial charge in [-0.15, -0.1) is 0 Å². The summed E-state index contributed by atoms with van der Waals surface area (Å²) in [5.74, 6) is 0.649. The van der Waals surface area contributed by atoms with Gasteiger partial charge in [0.15, 0.2) is 5.43 Å². The van der Waals surface area contributed by atoms with Crippen molar-refractivity contribution in [2.45, 2.75) is 66.8 Å². The lowest BCUT2D eigenvalue weighted by Gasteiger charge is -2.36. The topological polar surface area (TPSA) is 69.9 Å². The molecule has 1 aromatic rings. The Morgan fingerprint density at radius 2 is 2.03 bits per heavy atom. The van der Waals surface area contributed by atoms with Crippen LogP contribution in [0.4, 0.5) is 0 Å². The molecule has 3 rings (SSSR count). The van der Waals surface area contributed by atoms with E-state index in [0.29, 0.717) is 11.7 Å². The molecule has 0 radical (unpaired) electrons. The molecule has 6 nitrogen and oxygen atoms in total. The Hall–Kier alpha value is -2.89. The Bertz CT molecular complexity index is 1150. The number of pyridine rings is 1. The second-order valence-corrected chi connectivity index (χ2v) is 10.3. The molecule has 0 aliphatic heterocycles. The summed E-state index contributed by atoms with van der Waals surface area (Å²) in [5.41, 5.74) is 3.34. The molecule has 0 aromatic carbocycles. The van der Waals surface area contributed by atoms with Crippen molar-refractivity contribution >= 4 is 17.3 Å². The highest BCUT2D eigenvalue weighted by Crippen LogP contribution is 2.50. The molecule has 2 aliphatic carbocycles. The molecule has 0 amide bonds. The van der Waals surface area contributed by atoms with Crippen molar-refractivity contribution in [2.75, 3.05) is 20.8 Å². The highest BCUT2D eigenvalue weighted by atomic mass is 16.5. The molecule has 3 atom stereocenters. The lowest BCUT2D eigenvalue weighted by Crippen LogP contribution is -2.31. The van der Waals surface area contributed by atoms with Crippen LogP contribution >= 0.6 is 0 Å². The first-order valence-electron chi connectivity index (χ1n) is 12.7. The Balaban J connectivity index is 2.41. The predicted octanol–water partition coefficient (Wildman–Crippen LogP) is 5.99. The Morgan fingerprint density at radius 3 is 2.57 bits per heavy atom. The zero-order valence-electron chi connectivity index (χ0n) is 22.5. The van der Waals surface area contributed by atoms with Crippen LogP contribution in [-0.4, -0.2) is 37.0 Å². The van der Waals surface area contributed by atoms with Crippen LogP contribution in [0.1, 0.15) is 82.9 Å². The van der Waals surface area contributed by atoms with Gasteiger partial charge >= 0.3 is 5.97 Å². The number of esters is 1. The first kappa shape index (κ1) is 26.7. The van der Waals surface area contributed by atoms with Crippen molar-refractivity contribution in [2.24, 2.45) is 22.2 Å². The smallest absolute Gasteiger partial charge is 0.343 e. The minimum absolute atomic E-state index is 0.00205. The van der Waals surface area contributed by atoms with E-state index in [9.17, 15) is 9.59 Å². The van der Waals surface area contributed by atoms with Crippen LogP contribution in [0, 0.1) is 17.3 Å². The Kier molecular flexibility index (Phi) is 8.24. The molecule has 0 saturated heterocycles. The second-order valence-electron chi connectivity index (χ2n) is 10.3. The van der Waals surface area contributed by atoms with Gasteiger partial charge < -0.3 is 14.0 Å². The second kappa shape index (κ2) is 10.8. The fourth-order valence-corrected chi connectivity index (χ4v) is 5.68. The van der Waals surface area contributed by atoms with Gasteiger partial charge in [-0.1, -0.05) is 46.8 Å². The highest BCUT2D eigenvalue weighted by Gasteiger charge is 2.42. The summed E-state index contributed by atoms with van der Waals surface area (Å²) in [6.07, 6.45) is 10.7.